The van der Waals surface area contributed by atoms with Crippen LogP contribution in [0.25, 0.3) is 0 Å². The second kappa shape index (κ2) is 11.4. The second-order valence-electron chi connectivity index (χ2n) is 4.41. The van der Waals surface area contributed by atoms with Crippen molar-refractivity contribution in [3.8, 4) is 12.0 Å². The van der Waals surface area contributed by atoms with E-state index in [-0.39, 0.29) is 0 Å². The summed E-state index contributed by atoms with van der Waals surface area (Å²) in [4.78, 5) is 0. The van der Waals surface area contributed by atoms with Gasteiger partial charge in [-0.25, -0.2) is 0 Å². The highest BCUT2D eigenvalue weighted by molar-refractivity contribution is 4.90. The van der Waals surface area contributed by atoms with Crippen LogP contribution in [0.4, 0.5) is 0 Å². The van der Waals surface area contributed by atoms with Gasteiger partial charge in [-0.05, 0) is 19.3 Å². The fraction of sp³-hybridized carbons (Fsp3) is 0.857. The molecule has 0 aromatic heterocycles. The van der Waals surface area contributed by atoms with Crippen LogP contribution in [-0.2, 0) is 4.74 Å². The third kappa shape index (κ3) is 13.4. The van der Waals surface area contributed by atoms with Crippen LogP contribution in [0.15, 0.2) is 0 Å². The average Bonchev–Trinajstić information content (AvgIpc) is 2.20. The monoisotopic (exact) mass is 210 g/mol. The Bertz CT molecular complexity index is 174. The van der Waals surface area contributed by atoms with Crippen LogP contribution in [-0.4, -0.2) is 6.61 Å². The van der Waals surface area contributed by atoms with Gasteiger partial charge in [-0.15, -0.1) is 0 Å². The molecule has 0 atom stereocenters. The number of rotatable bonds is 8. The van der Waals surface area contributed by atoms with Gasteiger partial charge in [0.15, 0.2) is 0 Å². The molecule has 0 fully saturated rings. The van der Waals surface area contributed by atoms with E-state index in [1.54, 1.807) is 0 Å². The summed E-state index contributed by atoms with van der Waals surface area (Å²) in [5, 5.41) is 0. The first-order valence-electron chi connectivity index (χ1n) is 6.37. The van der Waals surface area contributed by atoms with Crippen LogP contribution < -0.4 is 0 Å². The van der Waals surface area contributed by atoms with Gasteiger partial charge in [0.05, 0.1) is 6.61 Å². The van der Waals surface area contributed by atoms with Crippen molar-refractivity contribution in [2.24, 2.45) is 5.92 Å². The van der Waals surface area contributed by atoms with E-state index in [0.29, 0.717) is 6.61 Å². The summed E-state index contributed by atoms with van der Waals surface area (Å²) in [6, 6.07) is 0. The lowest BCUT2D eigenvalue weighted by molar-refractivity contribution is 0.298. The van der Waals surface area contributed by atoms with Crippen molar-refractivity contribution in [3.05, 3.63) is 0 Å². The van der Waals surface area contributed by atoms with Crippen molar-refractivity contribution in [2.45, 2.75) is 65.7 Å². The maximum Gasteiger partial charge on any atom is 0.110 e. The Hall–Kier alpha value is -0.640. The zero-order chi connectivity index (χ0) is 11.4. The molecule has 1 nitrogen and oxygen atoms in total. The molecule has 0 aliphatic heterocycles. The maximum absolute atomic E-state index is 4.94. The average molecular weight is 210 g/mol. The Morgan fingerprint density at radius 3 is 2.33 bits per heavy atom. The van der Waals surface area contributed by atoms with Crippen LogP contribution in [0, 0.1) is 17.9 Å². The van der Waals surface area contributed by atoms with Gasteiger partial charge in [-0.1, -0.05) is 51.9 Å². The molecule has 0 aliphatic carbocycles. The predicted molar refractivity (Wildman–Crippen MR) is 66.6 cm³/mol. The van der Waals surface area contributed by atoms with E-state index in [9.17, 15) is 0 Å². The van der Waals surface area contributed by atoms with Crippen LogP contribution in [0.2, 0.25) is 0 Å². The molecule has 0 bridgehead atoms. The topological polar surface area (TPSA) is 9.23 Å². The van der Waals surface area contributed by atoms with Gasteiger partial charge in [0.1, 0.15) is 6.11 Å². The summed E-state index contributed by atoms with van der Waals surface area (Å²) in [6.45, 7) is 7.25. The summed E-state index contributed by atoms with van der Waals surface area (Å²) in [5.41, 5.74) is 0. The molecular formula is C14H26O. The summed E-state index contributed by atoms with van der Waals surface area (Å²) in [7, 11) is 0. The molecule has 0 unspecified atom stereocenters. The van der Waals surface area contributed by atoms with Crippen LogP contribution >= 0.6 is 0 Å². The van der Waals surface area contributed by atoms with Gasteiger partial charge >= 0.3 is 0 Å². The van der Waals surface area contributed by atoms with E-state index in [1.165, 1.54) is 38.5 Å². The SMILES string of the molecule is CCOC#CCCCCCCCC(C)C. The molecule has 0 aromatic rings. The fourth-order valence-corrected chi connectivity index (χ4v) is 1.47. The van der Waals surface area contributed by atoms with Gasteiger partial charge in [-0.2, -0.15) is 0 Å². The molecule has 15 heavy (non-hydrogen) atoms. The predicted octanol–water partition coefficient (Wildman–Crippen LogP) is 4.37. The van der Waals surface area contributed by atoms with E-state index in [0.717, 1.165) is 12.3 Å². The third-order valence-electron chi connectivity index (χ3n) is 2.37. The summed E-state index contributed by atoms with van der Waals surface area (Å²) < 4.78 is 4.94. The van der Waals surface area contributed by atoms with Crippen LogP contribution in [0.1, 0.15) is 65.7 Å². The zero-order valence-corrected chi connectivity index (χ0v) is 10.6. The maximum atomic E-state index is 4.94. The molecule has 0 aliphatic rings. The zero-order valence-electron chi connectivity index (χ0n) is 10.6. The molecule has 0 rings (SSSR count). The summed E-state index contributed by atoms with van der Waals surface area (Å²) >= 11 is 0. The van der Waals surface area contributed by atoms with Crippen molar-refractivity contribution in [2.75, 3.05) is 6.61 Å². The lowest BCUT2D eigenvalue weighted by Crippen LogP contribution is -1.87. The number of hydrogen-bond donors (Lipinski definition) is 0. The standard InChI is InChI=1S/C14H26O/c1-4-15-13-11-9-7-5-6-8-10-12-14(2)3/h14H,4-10,12H2,1-3H3. The Morgan fingerprint density at radius 2 is 1.67 bits per heavy atom. The molecule has 1 heteroatoms. The number of unbranched alkanes of at least 4 members (excludes halogenated alkanes) is 5. The van der Waals surface area contributed by atoms with Crippen LogP contribution in [0.5, 0.6) is 0 Å². The minimum atomic E-state index is 0.697. The van der Waals surface area contributed by atoms with Gasteiger partial charge in [0.25, 0.3) is 0 Å². The van der Waals surface area contributed by atoms with E-state index in [1.807, 2.05) is 6.92 Å². The lowest BCUT2D eigenvalue weighted by Gasteiger charge is -2.03. The highest BCUT2D eigenvalue weighted by Crippen LogP contribution is 2.10. The van der Waals surface area contributed by atoms with E-state index in [4.69, 9.17) is 4.74 Å². The van der Waals surface area contributed by atoms with Crippen molar-refractivity contribution in [1.82, 2.24) is 0 Å². The highest BCUT2D eigenvalue weighted by Gasteiger charge is 1.93. The Labute approximate surface area is 95.6 Å². The normalized spacial score (nSPS) is 9.87. The first-order valence-corrected chi connectivity index (χ1v) is 6.37. The Kier molecular flexibility index (Phi) is 10.9. The van der Waals surface area contributed by atoms with Crippen molar-refractivity contribution in [3.63, 3.8) is 0 Å². The van der Waals surface area contributed by atoms with Crippen molar-refractivity contribution >= 4 is 0 Å². The Morgan fingerprint density at radius 1 is 1.00 bits per heavy atom. The van der Waals surface area contributed by atoms with E-state index >= 15 is 0 Å². The third-order valence-corrected chi connectivity index (χ3v) is 2.37. The van der Waals surface area contributed by atoms with E-state index in [2.05, 4.69) is 25.9 Å². The van der Waals surface area contributed by atoms with Gasteiger partial charge in [-0.3, -0.25) is 0 Å². The quantitative estimate of drug-likeness (QED) is 0.427. The molecule has 0 aromatic carbocycles. The van der Waals surface area contributed by atoms with Gasteiger partial charge in [0, 0.05) is 6.42 Å². The summed E-state index contributed by atoms with van der Waals surface area (Å²) in [5.74, 6) is 3.89. The van der Waals surface area contributed by atoms with E-state index < -0.39 is 0 Å². The molecule has 0 spiro atoms. The minimum Gasteiger partial charge on any atom is -0.447 e. The van der Waals surface area contributed by atoms with Crippen molar-refractivity contribution in [1.29, 1.82) is 0 Å². The molecule has 0 saturated carbocycles. The fourth-order valence-electron chi connectivity index (χ4n) is 1.47. The highest BCUT2D eigenvalue weighted by atomic mass is 16.5. The number of ether oxygens (including phenoxy) is 1. The van der Waals surface area contributed by atoms with Gasteiger partial charge < -0.3 is 4.74 Å². The molecule has 0 radical (unpaired) electrons. The lowest BCUT2D eigenvalue weighted by atomic mass is 10.0. The van der Waals surface area contributed by atoms with Gasteiger partial charge in [0.2, 0.25) is 0 Å². The first-order chi connectivity index (χ1) is 7.27. The minimum absolute atomic E-state index is 0.697. The molecule has 0 N–H and O–H groups in total. The number of hydrogen-bond acceptors (Lipinski definition) is 1. The molecule has 88 valence electrons. The van der Waals surface area contributed by atoms with Crippen LogP contribution in [0.3, 0.4) is 0 Å². The summed E-state index contributed by atoms with van der Waals surface area (Å²) in [6.07, 6.45) is 11.8. The molecular weight excluding hydrogens is 184 g/mol. The van der Waals surface area contributed by atoms with Crippen molar-refractivity contribution < 1.29 is 4.74 Å². The smallest absolute Gasteiger partial charge is 0.110 e. The Balaban J connectivity index is 3.03. The largest absolute Gasteiger partial charge is 0.447 e. The molecule has 0 amide bonds. The molecule has 0 saturated heterocycles. The molecule has 0 heterocycles. The first kappa shape index (κ1) is 14.4. The second-order valence-corrected chi connectivity index (χ2v) is 4.41.